The number of carbonyl (C=O) groups is 2. The summed E-state index contributed by atoms with van der Waals surface area (Å²) in [5.74, 6) is 0.579. The van der Waals surface area contributed by atoms with Crippen molar-refractivity contribution in [1.82, 2.24) is 10.2 Å². The summed E-state index contributed by atoms with van der Waals surface area (Å²) >= 11 is 3.44. The number of carbonyl (C=O) groups excluding carboxylic acids is 2. The summed E-state index contributed by atoms with van der Waals surface area (Å²) in [5.41, 5.74) is 1.32. The molecule has 9 nitrogen and oxygen atoms in total. The smallest absolute Gasteiger partial charge is 0.242 e. The van der Waals surface area contributed by atoms with Crippen molar-refractivity contribution in [3.63, 3.8) is 0 Å². The Morgan fingerprint density at radius 3 is 2.50 bits per heavy atom. The molecule has 0 radical (unpaired) electrons. The Hall–Kier alpha value is -2.79. The Balaban J connectivity index is 1.73. The van der Waals surface area contributed by atoms with Crippen LogP contribution in [-0.2, 0) is 26.2 Å². The summed E-state index contributed by atoms with van der Waals surface area (Å²) in [6, 6.07) is 11.8. The standard InChI is InChI=1S/C25H32BrN3O6S/c1-4-27-25(31)18(2)28(17-19-7-5-8-20(26)15-19)24(30)9-6-12-29(36(3,32)33)21-10-11-22-23(16-21)35-14-13-34-22/h5,7-8,10-11,15-16,18H,4,6,9,12-14,17H2,1-3H3,(H,27,31). The first-order valence-corrected chi connectivity index (χ1v) is 14.4. The van der Waals surface area contributed by atoms with E-state index in [-0.39, 0.29) is 37.7 Å². The predicted octanol–water partition coefficient (Wildman–Crippen LogP) is 3.32. The van der Waals surface area contributed by atoms with E-state index in [0.29, 0.717) is 36.9 Å². The Morgan fingerprint density at radius 2 is 1.83 bits per heavy atom. The van der Waals surface area contributed by atoms with Gasteiger partial charge in [0.1, 0.15) is 19.3 Å². The Kier molecular flexibility index (Phi) is 9.61. The van der Waals surface area contributed by atoms with Crippen LogP contribution >= 0.6 is 15.9 Å². The lowest BCUT2D eigenvalue weighted by molar-refractivity contribution is -0.140. The van der Waals surface area contributed by atoms with Crippen LogP contribution in [0, 0.1) is 0 Å². The van der Waals surface area contributed by atoms with Crippen LogP contribution in [0.15, 0.2) is 46.9 Å². The van der Waals surface area contributed by atoms with Gasteiger partial charge in [-0.05, 0) is 50.1 Å². The van der Waals surface area contributed by atoms with Crippen molar-refractivity contribution in [3.8, 4) is 11.5 Å². The zero-order valence-electron chi connectivity index (χ0n) is 20.7. The first-order valence-electron chi connectivity index (χ1n) is 11.8. The van der Waals surface area contributed by atoms with E-state index < -0.39 is 16.1 Å². The number of nitrogens with zero attached hydrogens (tertiary/aromatic N) is 2. The molecular weight excluding hydrogens is 550 g/mol. The summed E-state index contributed by atoms with van der Waals surface area (Å²) < 4.78 is 38.3. The zero-order valence-corrected chi connectivity index (χ0v) is 23.1. The fraction of sp³-hybridized carbons (Fsp3) is 0.440. The van der Waals surface area contributed by atoms with E-state index in [1.807, 2.05) is 31.2 Å². The van der Waals surface area contributed by atoms with E-state index in [2.05, 4.69) is 21.2 Å². The van der Waals surface area contributed by atoms with Crippen LogP contribution < -0.4 is 19.1 Å². The highest BCUT2D eigenvalue weighted by molar-refractivity contribution is 9.10. The minimum absolute atomic E-state index is 0.0777. The van der Waals surface area contributed by atoms with Gasteiger partial charge in [-0.1, -0.05) is 28.1 Å². The molecule has 0 bridgehead atoms. The normalized spacial score (nSPS) is 13.6. The average Bonchev–Trinajstić information content (AvgIpc) is 2.83. The number of amides is 2. The van der Waals surface area contributed by atoms with Crippen LogP contribution in [0.5, 0.6) is 11.5 Å². The second-order valence-electron chi connectivity index (χ2n) is 8.49. The molecule has 36 heavy (non-hydrogen) atoms. The van der Waals surface area contributed by atoms with E-state index in [1.165, 1.54) is 9.21 Å². The molecule has 1 atom stereocenters. The van der Waals surface area contributed by atoms with E-state index in [4.69, 9.17) is 9.47 Å². The van der Waals surface area contributed by atoms with E-state index in [1.54, 1.807) is 25.1 Å². The first kappa shape index (κ1) is 27.8. The van der Waals surface area contributed by atoms with Gasteiger partial charge in [0.2, 0.25) is 21.8 Å². The summed E-state index contributed by atoms with van der Waals surface area (Å²) in [5, 5.41) is 2.77. The molecule has 11 heteroatoms. The van der Waals surface area contributed by atoms with Crippen LogP contribution in [0.3, 0.4) is 0 Å². The number of hydrogen-bond acceptors (Lipinski definition) is 6. The van der Waals surface area contributed by atoms with Gasteiger partial charge in [-0.2, -0.15) is 0 Å². The van der Waals surface area contributed by atoms with Crippen molar-refractivity contribution in [2.45, 2.75) is 39.3 Å². The van der Waals surface area contributed by atoms with Crippen molar-refractivity contribution in [1.29, 1.82) is 0 Å². The number of nitrogens with one attached hydrogen (secondary N) is 1. The van der Waals surface area contributed by atoms with Gasteiger partial charge < -0.3 is 19.7 Å². The number of ether oxygens (including phenoxy) is 2. The maximum Gasteiger partial charge on any atom is 0.242 e. The molecule has 1 aliphatic heterocycles. The molecule has 1 heterocycles. The molecule has 1 N–H and O–H groups in total. The van der Waals surface area contributed by atoms with E-state index in [0.717, 1.165) is 16.3 Å². The highest BCUT2D eigenvalue weighted by Crippen LogP contribution is 2.34. The van der Waals surface area contributed by atoms with Gasteiger partial charge in [0, 0.05) is 36.6 Å². The second kappa shape index (κ2) is 12.4. The predicted molar refractivity (Wildman–Crippen MR) is 142 cm³/mol. The number of anilines is 1. The number of halogens is 1. The molecule has 0 aromatic heterocycles. The van der Waals surface area contributed by atoms with Crippen molar-refractivity contribution >= 4 is 43.5 Å². The van der Waals surface area contributed by atoms with Crippen molar-refractivity contribution in [3.05, 3.63) is 52.5 Å². The quantitative estimate of drug-likeness (QED) is 0.436. The topological polar surface area (TPSA) is 105 Å². The fourth-order valence-electron chi connectivity index (χ4n) is 3.93. The summed E-state index contributed by atoms with van der Waals surface area (Å²) in [4.78, 5) is 27.3. The molecule has 0 saturated heterocycles. The number of sulfonamides is 1. The first-order chi connectivity index (χ1) is 17.1. The summed E-state index contributed by atoms with van der Waals surface area (Å²) in [6.45, 7) is 5.17. The zero-order chi connectivity index (χ0) is 26.3. The minimum atomic E-state index is -3.61. The molecule has 1 aliphatic rings. The Labute approximate surface area is 220 Å². The highest BCUT2D eigenvalue weighted by Gasteiger charge is 2.27. The Morgan fingerprint density at radius 1 is 1.11 bits per heavy atom. The lowest BCUT2D eigenvalue weighted by atomic mass is 10.1. The van der Waals surface area contributed by atoms with Gasteiger partial charge in [0.25, 0.3) is 0 Å². The van der Waals surface area contributed by atoms with Gasteiger partial charge in [0.05, 0.1) is 11.9 Å². The average molecular weight is 583 g/mol. The molecule has 2 amide bonds. The van der Waals surface area contributed by atoms with E-state index in [9.17, 15) is 18.0 Å². The van der Waals surface area contributed by atoms with Crippen LogP contribution in [0.1, 0.15) is 32.3 Å². The number of rotatable bonds is 11. The lowest BCUT2D eigenvalue weighted by Crippen LogP contribution is -2.47. The maximum absolute atomic E-state index is 13.3. The third-order valence-electron chi connectivity index (χ3n) is 5.73. The third-order valence-corrected chi connectivity index (χ3v) is 7.41. The number of benzene rings is 2. The second-order valence-corrected chi connectivity index (χ2v) is 11.3. The monoisotopic (exact) mass is 581 g/mol. The number of fused-ring (bicyclic) bond motifs is 1. The molecular formula is C25H32BrN3O6S. The molecule has 0 saturated carbocycles. The number of hydrogen-bond donors (Lipinski definition) is 1. The molecule has 196 valence electrons. The van der Waals surface area contributed by atoms with Gasteiger partial charge in [0.15, 0.2) is 11.5 Å². The SMILES string of the molecule is CCNC(=O)C(C)N(Cc1cccc(Br)c1)C(=O)CCCN(c1ccc2c(c1)OCCO2)S(C)(=O)=O. The molecule has 2 aromatic rings. The molecule has 0 aliphatic carbocycles. The van der Waals surface area contributed by atoms with Gasteiger partial charge in [-0.3, -0.25) is 13.9 Å². The fourth-order valence-corrected chi connectivity index (χ4v) is 5.33. The van der Waals surface area contributed by atoms with Crippen LogP contribution in [0.4, 0.5) is 5.69 Å². The third kappa shape index (κ3) is 7.36. The molecule has 3 rings (SSSR count). The molecule has 1 unspecified atom stereocenters. The van der Waals surface area contributed by atoms with Crippen molar-refractivity contribution in [2.75, 3.05) is 36.9 Å². The van der Waals surface area contributed by atoms with Crippen LogP contribution in [-0.4, -0.2) is 63.7 Å². The van der Waals surface area contributed by atoms with E-state index >= 15 is 0 Å². The lowest BCUT2D eigenvalue weighted by Gasteiger charge is -2.29. The summed E-state index contributed by atoms with van der Waals surface area (Å²) in [7, 11) is -3.61. The molecule has 0 spiro atoms. The molecule has 2 aromatic carbocycles. The minimum Gasteiger partial charge on any atom is -0.486 e. The number of likely N-dealkylation sites (N-methyl/N-ethyl adjacent to an activating group) is 1. The van der Waals surface area contributed by atoms with Gasteiger partial charge >= 0.3 is 0 Å². The van der Waals surface area contributed by atoms with Gasteiger partial charge in [-0.15, -0.1) is 0 Å². The van der Waals surface area contributed by atoms with Crippen molar-refractivity contribution < 1.29 is 27.5 Å². The summed E-state index contributed by atoms with van der Waals surface area (Å²) in [6.07, 6.45) is 1.48. The largest absolute Gasteiger partial charge is 0.486 e. The highest BCUT2D eigenvalue weighted by atomic mass is 79.9. The maximum atomic E-state index is 13.3. The molecule has 0 fully saturated rings. The van der Waals surface area contributed by atoms with Crippen LogP contribution in [0.25, 0.3) is 0 Å². The van der Waals surface area contributed by atoms with Crippen molar-refractivity contribution in [2.24, 2.45) is 0 Å². The van der Waals surface area contributed by atoms with Gasteiger partial charge in [-0.25, -0.2) is 8.42 Å². The Bertz CT molecular complexity index is 1190. The van der Waals surface area contributed by atoms with Crippen LogP contribution in [0.2, 0.25) is 0 Å².